The Morgan fingerprint density at radius 1 is 0.788 bits per heavy atom. The average Bonchev–Trinajstić information content (AvgIpc) is 3.79. The maximum Gasteiger partial charge on any atom is 0.172 e. The number of hydrogen-bond acceptors (Lipinski definition) is 12. The molecule has 10 aliphatic rings. The maximum atomic E-state index is 14.0. The molecule has 10 heterocycles. The van der Waals surface area contributed by atoms with Crippen molar-refractivity contribution in [2.75, 3.05) is 13.7 Å². The summed E-state index contributed by atoms with van der Waals surface area (Å²) >= 11 is 0. The van der Waals surface area contributed by atoms with Gasteiger partial charge >= 0.3 is 0 Å². The molecule has 0 aliphatic carbocycles. The van der Waals surface area contributed by atoms with E-state index in [9.17, 15) is 15.0 Å². The number of aliphatic hydroxyl groups excluding tert-OH is 2. The van der Waals surface area contributed by atoms with Crippen molar-refractivity contribution in [3.63, 3.8) is 0 Å². The quantitative estimate of drug-likeness (QED) is 0.410. The second kappa shape index (κ2) is 14.3. The van der Waals surface area contributed by atoms with Crippen molar-refractivity contribution in [3.8, 4) is 0 Å². The van der Waals surface area contributed by atoms with Crippen molar-refractivity contribution in [3.05, 3.63) is 24.3 Å². The lowest BCUT2D eigenvalue weighted by molar-refractivity contribution is -0.292. The molecule has 290 valence electrons. The molecule has 0 aromatic carbocycles. The standard InChI is InChI=1S/C40H58O12/c1-19-11-24-5-7-28-20(2)12-26(45-28)9-10-40-17-33-36(51-40)37-38(50-33)39(52-40)35-29(49-37)8-6-25(47-35)13-22(42)14-27-31(16-30(46-24)21(19)3)48-32(34(27)44-4)15-23(43)18-41/h19,23-39,41,43H,2-3,5-18H2,1,4H3/t19-,23-,24+,25?,26+,27?,28+,29+,30-,31?,32-,33-,34-,35+,36?,37+,38-,39+,40+/m1/s1. The topological polar surface area (TPSA) is 141 Å². The molecule has 10 aliphatic heterocycles. The summed E-state index contributed by atoms with van der Waals surface area (Å²) in [5, 5.41) is 20.1. The minimum Gasteiger partial charge on any atom is -0.394 e. The molecule has 0 saturated carbocycles. The summed E-state index contributed by atoms with van der Waals surface area (Å²) in [4.78, 5) is 14.0. The molecule has 10 rings (SSSR count). The van der Waals surface area contributed by atoms with Gasteiger partial charge in [-0.25, -0.2) is 0 Å². The molecule has 52 heavy (non-hydrogen) atoms. The molecule has 0 radical (unpaired) electrons. The third kappa shape index (κ3) is 6.59. The lowest BCUT2D eigenvalue weighted by atomic mass is 9.81. The highest BCUT2D eigenvalue weighted by Crippen LogP contribution is 2.54. The molecular formula is C40H58O12. The molecule has 12 heteroatoms. The number of rotatable bonds is 4. The fourth-order valence-corrected chi connectivity index (χ4v) is 11.3. The van der Waals surface area contributed by atoms with E-state index in [2.05, 4.69) is 20.1 Å². The van der Waals surface area contributed by atoms with Gasteiger partial charge in [0.05, 0.1) is 73.8 Å². The smallest absolute Gasteiger partial charge is 0.172 e. The highest BCUT2D eigenvalue weighted by atomic mass is 16.8. The molecule has 1 spiro atoms. The van der Waals surface area contributed by atoms with E-state index in [1.165, 1.54) is 0 Å². The van der Waals surface area contributed by atoms with Gasteiger partial charge in [0.2, 0.25) is 0 Å². The van der Waals surface area contributed by atoms with Crippen LogP contribution in [0.2, 0.25) is 0 Å². The Hall–Kier alpha value is -1.29. The van der Waals surface area contributed by atoms with Crippen molar-refractivity contribution in [2.45, 2.75) is 194 Å². The fourth-order valence-electron chi connectivity index (χ4n) is 11.3. The van der Waals surface area contributed by atoms with Crippen LogP contribution in [-0.2, 0) is 47.4 Å². The number of ether oxygens (including phenoxy) is 9. The van der Waals surface area contributed by atoms with Crippen molar-refractivity contribution in [1.29, 1.82) is 0 Å². The van der Waals surface area contributed by atoms with Crippen LogP contribution in [0.25, 0.3) is 0 Å². The molecule has 0 aromatic heterocycles. The second-order valence-corrected chi connectivity index (χ2v) is 17.4. The number of hydrogen-bond donors (Lipinski definition) is 2. The molecule has 2 N–H and O–H groups in total. The van der Waals surface area contributed by atoms with Gasteiger partial charge in [-0.1, -0.05) is 20.1 Å². The molecular weight excluding hydrogens is 672 g/mol. The van der Waals surface area contributed by atoms with Crippen LogP contribution < -0.4 is 0 Å². The summed E-state index contributed by atoms with van der Waals surface area (Å²) in [6.45, 7) is 10.7. The van der Waals surface area contributed by atoms with Crippen LogP contribution >= 0.6 is 0 Å². The molecule has 0 aromatic rings. The van der Waals surface area contributed by atoms with Crippen LogP contribution in [0.1, 0.15) is 90.4 Å². The van der Waals surface area contributed by atoms with Crippen molar-refractivity contribution >= 4 is 5.78 Å². The van der Waals surface area contributed by atoms with E-state index in [-0.39, 0.29) is 123 Å². The Kier molecular flexibility index (Phi) is 10.0. The van der Waals surface area contributed by atoms with E-state index in [4.69, 9.17) is 42.6 Å². The van der Waals surface area contributed by atoms with Crippen molar-refractivity contribution in [1.82, 2.24) is 0 Å². The predicted molar refractivity (Wildman–Crippen MR) is 184 cm³/mol. The van der Waals surface area contributed by atoms with Gasteiger partial charge in [-0.15, -0.1) is 0 Å². The Labute approximate surface area is 306 Å². The van der Waals surface area contributed by atoms with Crippen molar-refractivity contribution < 1.29 is 57.6 Å². The normalized spacial score (nSPS) is 52.4. The molecule has 10 fully saturated rings. The van der Waals surface area contributed by atoms with Crippen LogP contribution in [0.15, 0.2) is 24.3 Å². The van der Waals surface area contributed by atoms with Crippen LogP contribution in [-0.4, -0.2) is 133 Å². The average molecular weight is 731 g/mol. The lowest BCUT2D eigenvalue weighted by Gasteiger charge is -2.47. The zero-order valence-electron chi connectivity index (χ0n) is 30.7. The molecule has 10 saturated heterocycles. The molecule has 0 amide bonds. The third-order valence-corrected chi connectivity index (χ3v) is 13.9. The highest BCUT2D eigenvalue weighted by Gasteiger charge is 2.68. The van der Waals surface area contributed by atoms with E-state index >= 15 is 0 Å². The molecule has 12 nitrogen and oxygen atoms in total. The number of fused-ring (bicyclic) bond motifs is 6. The Bertz CT molecular complexity index is 1370. The van der Waals surface area contributed by atoms with E-state index in [0.29, 0.717) is 25.7 Å². The largest absolute Gasteiger partial charge is 0.394 e. The lowest BCUT2D eigenvalue weighted by Crippen LogP contribution is -2.61. The Morgan fingerprint density at radius 3 is 2.37 bits per heavy atom. The van der Waals surface area contributed by atoms with Crippen LogP contribution in [0.3, 0.4) is 0 Å². The fraction of sp³-hybridized carbons (Fsp3) is 0.875. The predicted octanol–water partition coefficient (Wildman–Crippen LogP) is 3.47. The summed E-state index contributed by atoms with van der Waals surface area (Å²) < 4.78 is 59.8. The first-order valence-electron chi connectivity index (χ1n) is 20.1. The van der Waals surface area contributed by atoms with Gasteiger partial charge in [0.1, 0.15) is 36.3 Å². The van der Waals surface area contributed by atoms with Gasteiger partial charge in [0, 0.05) is 51.6 Å². The third-order valence-electron chi connectivity index (χ3n) is 13.9. The monoisotopic (exact) mass is 730 g/mol. The van der Waals surface area contributed by atoms with Gasteiger partial charge in [0.15, 0.2) is 5.79 Å². The first-order chi connectivity index (χ1) is 25.1. The van der Waals surface area contributed by atoms with Gasteiger partial charge in [-0.2, -0.15) is 0 Å². The number of carbonyl (C=O) groups excluding carboxylic acids is 1. The zero-order chi connectivity index (χ0) is 35.9. The summed E-state index contributed by atoms with van der Waals surface area (Å²) in [5.74, 6) is -0.709. The van der Waals surface area contributed by atoms with E-state index in [1.54, 1.807) is 7.11 Å². The SMILES string of the molecule is C=C1C[C@@H]2CC[C@@]34C[C@H]5O[C@H]6[C@@H](O3)[C@H]3OC(CC[C@@H]3O[C@H]6C5O4)CC(=O)CC3C(C[C@H]4O[C@@H](CC[C@@H]1O2)C[C@@H](C)C4=C)O[C@H](C[C@@H](O)CO)[C@@H]3OC. The molecule has 19 atom stereocenters. The van der Waals surface area contributed by atoms with E-state index in [0.717, 1.165) is 49.7 Å². The number of Topliss-reactive ketones (excluding diaryl/α,β-unsaturated/α-hetero) is 1. The molecule has 12 bridgehead atoms. The first kappa shape index (κ1) is 36.4. The number of methoxy groups -OCH3 is 1. The Balaban J connectivity index is 0.994. The minimum atomic E-state index is -0.951. The summed E-state index contributed by atoms with van der Waals surface area (Å²) in [6.07, 6.45) is 4.01. The zero-order valence-corrected chi connectivity index (χ0v) is 30.7. The van der Waals surface area contributed by atoms with Crippen molar-refractivity contribution in [2.24, 2.45) is 11.8 Å². The number of ketones is 1. The van der Waals surface area contributed by atoms with Crippen LogP contribution in [0, 0.1) is 11.8 Å². The van der Waals surface area contributed by atoms with E-state index in [1.807, 2.05) is 0 Å². The maximum absolute atomic E-state index is 14.0. The highest BCUT2D eigenvalue weighted by molar-refractivity contribution is 5.79. The number of carbonyl (C=O) groups is 1. The summed E-state index contributed by atoms with van der Waals surface area (Å²) in [7, 11) is 1.63. The summed E-state index contributed by atoms with van der Waals surface area (Å²) in [5.41, 5.74) is 2.17. The van der Waals surface area contributed by atoms with Gasteiger partial charge in [-0.05, 0) is 62.0 Å². The van der Waals surface area contributed by atoms with Gasteiger partial charge in [-0.3, -0.25) is 4.79 Å². The number of aliphatic hydroxyl groups is 2. The summed E-state index contributed by atoms with van der Waals surface area (Å²) in [6, 6.07) is 0. The van der Waals surface area contributed by atoms with Crippen LogP contribution in [0.5, 0.6) is 0 Å². The van der Waals surface area contributed by atoms with Crippen LogP contribution in [0.4, 0.5) is 0 Å². The van der Waals surface area contributed by atoms with Gasteiger partial charge in [0.25, 0.3) is 0 Å². The first-order valence-corrected chi connectivity index (χ1v) is 20.1. The molecule has 4 unspecified atom stereocenters. The van der Waals surface area contributed by atoms with E-state index < -0.39 is 24.1 Å². The Morgan fingerprint density at radius 2 is 1.54 bits per heavy atom. The second-order valence-electron chi connectivity index (χ2n) is 17.4. The van der Waals surface area contributed by atoms with Gasteiger partial charge < -0.3 is 52.8 Å². The minimum absolute atomic E-state index is 0.0260.